The molecule has 98 valence electrons. The third kappa shape index (κ3) is 2.74. The maximum absolute atomic E-state index is 12.0. The van der Waals surface area contributed by atoms with E-state index >= 15 is 0 Å². The largest absolute Gasteiger partial charge is 0.457 e. The molecule has 0 saturated carbocycles. The van der Waals surface area contributed by atoms with Gasteiger partial charge in [0.2, 0.25) is 0 Å². The van der Waals surface area contributed by atoms with Gasteiger partial charge in [-0.05, 0) is 50.7 Å². The van der Waals surface area contributed by atoms with Crippen molar-refractivity contribution in [1.29, 1.82) is 0 Å². The number of fused-ring (bicyclic) bond motifs is 1. The molecule has 0 aromatic heterocycles. The second kappa shape index (κ2) is 4.75. The Morgan fingerprint density at radius 3 is 2.61 bits per heavy atom. The van der Waals surface area contributed by atoms with Crippen LogP contribution in [0.5, 0.6) is 0 Å². The number of ether oxygens (including phenoxy) is 1. The maximum atomic E-state index is 12.0. The second-order valence-electron chi connectivity index (χ2n) is 6.39. The zero-order valence-corrected chi connectivity index (χ0v) is 11.7. The number of carbonyl (C=O) groups excluding carboxylic acids is 1. The molecule has 1 aliphatic rings. The summed E-state index contributed by atoms with van der Waals surface area (Å²) in [6.07, 6.45) is 1.94. The van der Waals surface area contributed by atoms with Crippen LogP contribution in [-0.2, 0) is 16.0 Å². The molecule has 18 heavy (non-hydrogen) atoms. The average molecular weight is 246 g/mol. The molecular weight excluding hydrogens is 224 g/mol. The van der Waals surface area contributed by atoms with E-state index < -0.39 is 5.41 Å². The van der Waals surface area contributed by atoms with E-state index in [2.05, 4.69) is 25.1 Å². The van der Waals surface area contributed by atoms with Crippen LogP contribution in [0.2, 0.25) is 0 Å². The Bertz CT molecular complexity index is 443. The van der Waals surface area contributed by atoms with Gasteiger partial charge in [0.25, 0.3) is 0 Å². The van der Waals surface area contributed by atoms with Crippen molar-refractivity contribution in [3.05, 3.63) is 35.4 Å². The van der Waals surface area contributed by atoms with E-state index in [4.69, 9.17) is 4.74 Å². The first kappa shape index (κ1) is 13.1. The van der Waals surface area contributed by atoms with Crippen molar-refractivity contribution in [2.75, 3.05) is 0 Å². The number of esters is 1. The van der Waals surface area contributed by atoms with Crippen LogP contribution >= 0.6 is 0 Å². The van der Waals surface area contributed by atoms with Crippen LogP contribution in [0.15, 0.2) is 24.3 Å². The topological polar surface area (TPSA) is 26.3 Å². The van der Waals surface area contributed by atoms with Crippen LogP contribution in [0.3, 0.4) is 0 Å². The summed E-state index contributed by atoms with van der Waals surface area (Å²) in [5.74, 6) is 0.453. The van der Waals surface area contributed by atoms with Crippen LogP contribution in [0.25, 0.3) is 0 Å². The van der Waals surface area contributed by atoms with Gasteiger partial charge in [-0.1, -0.05) is 31.2 Å². The molecule has 0 fully saturated rings. The molecule has 0 N–H and O–H groups in total. The summed E-state index contributed by atoms with van der Waals surface area (Å²) in [5.41, 5.74) is 2.08. The molecular formula is C16H22O2. The fourth-order valence-electron chi connectivity index (χ4n) is 2.40. The van der Waals surface area contributed by atoms with Crippen LogP contribution in [0.4, 0.5) is 0 Å². The maximum Gasteiger partial charge on any atom is 0.311 e. The minimum Gasteiger partial charge on any atom is -0.457 e. The highest BCUT2D eigenvalue weighted by molar-refractivity contribution is 5.75. The highest BCUT2D eigenvalue weighted by Gasteiger charge is 2.31. The van der Waals surface area contributed by atoms with Crippen LogP contribution in [0.1, 0.15) is 51.3 Å². The van der Waals surface area contributed by atoms with Gasteiger partial charge in [-0.25, -0.2) is 0 Å². The quantitative estimate of drug-likeness (QED) is 0.702. The summed E-state index contributed by atoms with van der Waals surface area (Å²) in [6.45, 7) is 7.91. The molecule has 2 nitrogen and oxygen atoms in total. The normalized spacial score (nSPS) is 23.3. The van der Waals surface area contributed by atoms with Gasteiger partial charge in [-0.15, -0.1) is 0 Å². The molecule has 2 rings (SSSR count). The van der Waals surface area contributed by atoms with E-state index in [-0.39, 0.29) is 12.1 Å². The second-order valence-corrected chi connectivity index (χ2v) is 6.39. The summed E-state index contributed by atoms with van der Waals surface area (Å²) >= 11 is 0. The Labute approximate surface area is 109 Å². The summed E-state index contributed by atoms with van der Waals surface area (Å²) in [5, 5.41) is 0. The zero-order chi connectivity index (χ0) is 13.3. The minimum atomic E-state index is -0.435. The lowest BCUT2D eigenvalue weighted by Gasteiger charge is -2.31. The summed E-state index contributed by atoms with van der Waals surface area (Å²) in [7, 11) is 0. The molecule has 0 spiro atoms. The van der Waals surface area contributed by atoms with Gasteiger partial charge in [-0.2, -0.15) is 0 Å². The first-order chi connectivity index (χ1) is 8.38. The predicted octanol–water partition coefficient (Wildman–Crippen LogP) is 3.90. The van der Waals surface area contributed by atoms with Gasteiger partial charge in [0.1, 0.15) is 6.10 Å². The van der Waals surface area contributed by atoms with E-state index in [0.717, 1.165) is 12.8 Å². The Hall–Kier alpha value is -1.31. The minimum absolute atomic E-state index is 0.0725. The lowest BCUT2D eigenvalue weighted by Crippen LogP contribution is -2.28. The molecule has 1 aliphatic carbocycles. The van der Waals surface area contributed by atoms with Crippen molar-refractivity contribution in [3.8, 4) is 0 Å². The number of benzene rings is 1. The van der Waals surface area contributed by atoms with Crippen molar-refractivity contribution >= 4 is 5.97 Å². The molecule has 1 aromatic rings. The zero-order valence-electron chi connectivity index (χ0n) is 11.7. The first-order valence-corrected chi connectivity index (χ1v) is 6.67. The van der Waals surface area contributed by atoms with Crippen LogP contribution in [-0.4, -0.2) is 5.97 Å². The highest BCUT2D eigenvalue weighted by Crippen LogP contribution is 2.36. The van der Waals surface area contributed by atoms with Crippen molar-refractivity contribution in [2.24, 2.45) is 11.3 Å². The van der Waals surface area contributed by atoms with E-state index in [1.165, 1.54) is 11.1 Å². The number of rotatable bonds is 1. The Balaban J connectivity index is 2.22. The van der Waals surface area contributed by atoms with Crippen molar-refractivity contribution < 1.29 is 9.53 Å². The third-order valence-electron chi connectivity index (χ3n) is 3.45. The predicted molar refractivity (Wildman–Crippen MR) is 72.2 cm³/mol. The lowest BCUT2D eigenvalue weighted by atomic mass is 9.83. The molecule has 0 bridgehead atoms. The molecule has 0 saturated heterocycles. The SMILES string of the molecule is CC1Cc2ccccc2C(OC(=O)C(C)(C)C)C1. The molecule has 0 aliphatic heterocycles. The summed E-state index contributed by atoms with van der Waals surface area (Å²) in [4.78, 5) is 12.0. The molecule has 2 heteroatoms. The molecule has 0 radical (unpaired) electrons. The monoisotopic (exact) mass is 246 g/mol. The Morgan fingerprint density at radius 1 is 1.28 bits per heavy atom. The summed E-state index contributed by atoms with van der Waals surface area (Å²) < 4.78 is 5.71. The number of hydrogen-bond acceptors (Lipinski definition) is 2. The molecule has 2 atom stereocenters. The van der Waals surface area contributed by atoms with Crippen LogP contribution < -0.4 is 0 Å². The standard InChI is InChI=1S/C16H22O2/c1-11-9-12-7-5-6-8-13(12)14(10-11)18-15(17)16(2,3)4/h5-8,11,14H,9-10H2,1-4H3. The fourth-order valence-corrected chi connectivity index (χ4v) is 2.40. The van der Waals surface area contributed by atoms with Gasteiger partial charge in [0.15, 0.2) is 0 Å². The van der Waals surface area contributed by atoms with E-state index in [9.17, 15) is 4.79 Å². The lowest BCUT2D eigenvalue weighted by molar-refractivity contribution is -0.160. The summed E-state index contributed by atoms with van der Waals surface area (Å²) in [6, 6.07) is 8.30. The van der Waals surface area contributed by atoms with Crippen LogP contribution in [0, 0.1) is 11.3 Å². The van der Waals surface area contributed by atoms with E-state index in [1.807, 2.05) is 26.8 Å². The molecule has 2 unspecified atom stereocenters. The van der Waals surface area contributed by atoms with Gasteiger partial charge in [-0.3, -0.25) is 4.79 Å². The highest BCUT2D eigenvalue weighted by atomic mass is 16.5. The Morgan fingerprint density at radius 2 is 1.94 bits per heavy atom. The molecule has 0 amide bonds. The molecule has 1 aromatic carbocycles. The average Bonchev–Trinajstić information content (AvgIpc) is 2.27. The van der Waals surface area contributed by atoms with Gasteiger partial charge < -0.3 is 4.74 Å². The fraction of sp³-hybridized carbons (Fsp3) is 0.562. The van der Waals surface area contributed by atoms with Crippen molar-refractivity contribution in [1.82, 2.24) is 0 Å². The van der Waals surface area contributed by atoms with Gasteiger partial charge in [0, 0.05) is 0 Å². The van der Waals surface area contributed by atoms with Crippen molar-refractivity contribution in [3.63, 3.8) is 0 Å². The first-order valence-electron chi connectivity index (χ1n) is 6.67. The molecule has 0 heterocycles. The number of carbonyl (C=O) groups is 1. The van der Waals surface area contributed by atoms with E-state index in [1.54, 1.807) is 0 Å². The third-order valence-corrected chi connectivity index (χ3v) is 3.45. The Kier molecular flexibility index (Phi) is 3.47. The van der Waals surface area contributed by atoms with Gasteiger partial charge in [0.05, 0.1) is 5.41 Å². The van der Waals surface area contributed by atoms with Crippen molar-refractivity contribution in [2.45, 2.75) is 46.6 Å². The van der Waals surface area contributed by atoms with E-state index in [0.29, 0.717) is 5.92 Å². The number of hydrogen-bond donors (Lipinski definition) is 0. The smallest absolute Gasteiger partial charge is 0.311 e. The van der Waals surface area contributed by atoms with Gasteiger partial charge >= 0.3 is 5.97 Å².